The molecule has 0 saturated carbocycles. The molecule has 2 N–H and O–H groups in total. The Bertz CT molecular complexity index is 1240. The van der Waals surface area contributed by atoms with Gasteiger partial charge in [-0.1, -0.05) is 12.1 Å². The third-order valence-corrected chi connectivity index (χ3v) is 4.97. The van der Waals surface area contributed by atoms with Crippen LogP contribution in [-0.2, 0) is 13.6 Å². The Morgan fingerprint density at radius 1 is 1.19 bits per heavy atom. The largest absolute Gasteiger partial charge is 0.344 e. The van der Waals surface area contributed by atoms with Crippen molar-refractivity contribution < 1.29 is 4.79 Å². The normalized spacial score (nSPS) is 11.1. The lowest BCUT2D eigenvalue weighted by molar-refractivity contribution is 0.0946. The Morgan fingerprint density at radius 3 is 2.81 bits per heavy atom. The third-order valence-electron chi connectivity index (χ3n) is 3.93. The maximum absolute atomic E-state index is 12.4. The van der Waals surface area contributed by atoms with Crippen LogP contribution in [0.3, 0.4) is 0 Å². The van der Waals surface area contributed by atoms with Crippen LogP contribution in [0.2, 0.25) is 0 Å². The first kappa shape index (κ1) is 16.2. The van der Waals surface area contributed by atoms with Crippen molar-refractivity contribution in [1.29, 1.82) is 0 Å². The van der Waals surface area contributed by atoms with E-state index < -0.39 is 17.2 Å². The van der Waals surface area contributed by atoms with Gasteiger partial charge in [-0.15, -0.1) is 11.3 Å². The number of para-hydroxylation sites is 1. The zero-order valence-electron chi connectivity index (χ0n) is 13.6. The van der Waals surface area contributed by atoms with Gasteiger partial charge in [0.05, 0.1) is 22.1 Å². The molecule has 3 heterocycles. The average Bonchev–Trinajstić information content (AvgIpc) is 3.07. The molecule has 0 saturated heterocycles. The quantitative estimate of drug-likeness (QED) is 0.565. The fourth-order valence-electron chi connectivity index (χ4n) is 2.59. The van der Waals surface area contributed by atoms with Gasteiger partial charge in [0, 0.05) is 7.05 Å². The number of aryl methyl sites for hydroxylation is 1. The summed E-state index contributed by atoms with van der Waals surface area (Å²) >= 11 is 1.51. The predicted molar refractivity (Wildman–Crippen MR) is 98.4 cm³/mol. The van der Waals surface area contributed by atoms with Crippen LogP contribution in [0.4, 0.5) is 0 Å². The molecule has 0 aliphatic heterocycles. The van der Waals surface area contributed by atoms with Crippen LogP contribution in [0.25, 0.3) is 21.3 Å². The Labute approximate surface area is 150 Å². The first-order chi connectivity index (χ1) is 12.5. The summed E-state index contributed by atoms with van der Waals surface area (Å²) in [7, 11) is 1.48. The molecule has 0 atom stereocenters. The molecular weight excluding hydrogens is 354 g/mol. The highest BCUT2D eigenvalue weighted by molar-refractivity contribution is 7.18. The number of rotatable bonds is 3. The minimum absolute atomic E-state index is 0.124. The molecule has 0 fully saturated rings. The van der Waals surface area contributed by atoms with E-state index in [1.54, 1.807) is 0 Å². The molecule has 8 nitrogen and oxygen atoms in total. The number of nitrogens with one attached hydrogen (secondary N) is 2. The van der Waals surface area contributed by atoms with Gasteiger partial charge in [0.15, 0.2) is 0 Å². The lowest BCUT2D eigenvalue weighted by Crippen LogP contribution is -2.30. The number of hydrogen-bond donors (Lipinski definition) is 2. The fourth-order valence-corrected chi connectivity index (χ4v) is 3.50. The Morgan fingerprint density at radius 2 is 2.00 bits per heavy atom. The molecule has 1 amide bonds. The summed E-state index contributed by atoms with van der Waals surface area (Å²) < 4.78 is 2.25. The molecule has 0 spiro atoms. The Hall–Kier alpha value is -3.33. The third kappa shape index (κ3) is 2.78. The van der Waals surface area contributed by atoms with E-state index >= 15 is 0 Å². The number of hydrogen-bond acceptors (Lipinski definition) is 6. The lowest BCUT2D eigenvalue weighted by Gasteiger charge is -2.06. The van der Waals surface area contributed by atoms with E-state index in [4.69, 9.17) is 0 Å². The number of thiazole rings is 1. The zero-order chi connectivity index (χ0) is 18.3. The minimum Gasteiger partial charge on any atom is -0.344 e. The summed E-state index contributed by atoms with van der Waals surface area (Å²) in [5, 5.41) is 3.79. The molecule has 3 aromatic heterocycles. The summed E-state index contributed by atoms with van der Waals surface area (Å²) in [4.78, 5) is 46.7. The molecule has 4 rings (SSSR count). The van der Waals surface area contributed by atoms with E-state index in [-0.39, 0.29) is 23.3 Å². The number of carbonyl (C=O) groups is 1. The van der Waals surface area contributed by atoms with Crippen molar-refractivity contribution in [2.24, 2.45) is 7.05 Å². The second kappa shape index (κ2) is 6.19. The molecule has 0 bridgehead atoms. The smallest absolute Gasteiger partial charge is 0.329 e. The van der Waals surface area contributed by atoms with Crippen LogP contribution in [-0.4, -0.2) is 25.4 Å². The molecular formula is C17H13N5O3S. The second-order valence-electron chi connectivity index (χ2n) is 5.64. The molecule has 9 heteroatoms. The van der Waals surface area contributed by atoms with Gasteiger partial charge in [-0.25, -0.2) is 14.8 Å². The van der Waals surface area contributed by atoms with Crippen LogP contribution < -0.4 is 16.6 Å². The van der Waals surface area contributed by atoms with Gasteiger partial charge in [0.2, 0.25) is 0 Å². The Kier molecular flexibility index (Phi) is 3.85. The van der Waals surface area contributed by atoms with E-state index in [9.17, 15) is 14.4 Å². The SMILES string of the molecule is Cn1c(=O)[nH]c(=O)c2ccc(C(=O)NCc3nc4ccccc4s3)nc21. The summed E-state index contributed by atoms with van der Waals surface area (Å²) in [6, 6.07) is 10.7. The highest BCUT2D eigenvalue weighted by Gasteiger charge is 2.13. The number of amides is 1. The van der Waals surface area contributed by atoms with Crippen molar-refractivity contribution in [3.05, 3.63) is 67.9 Å². The number of carbonyl (C=O) groups excluding carboxylic acids is 1. The van der Waals surface area contributed by atoms with Gasteiger partial charge in [0.1, 0.15) is 16.3 Å². The predicted octanol–water partition coefficient (Wildman–Crippen LogP) is 1.16. The standard InChI is InChI=1S/C17H13N5O3S/c1-22-14-9(15(23)21-17(22)25)6-7-11(20-14)16(24)18-8-13-19-10-4-2-3-5-12(10)26-13/h2-7H,8H2,1H3,(H,18,24)(H,21,23,25). The first-order valence-corrected chi connectivity index (χ1v) is 8.57. The summed E-state index contributed by atoms with van der Waals surface area (Å²) in [5.74, 6) is -0.404. The molecule has 26 heavy (non-hydrogen) atoms. The molecule has 4 aromatic rings. The van der Waals surface area contributed by atoms with Gasteiger partial charge in [-0.2, -0.15) is 0 Å². The van der Waals surface area contributed by atoms with E-state index in [1.807, 2.05) is 24.3 Å². The molecule has 1 aromatic carbocycles. The van der Waals surface area contributed by atoms with E-state index in [0.717, 1.165) is 15.2 Å². The molecule has 0 aliphatic rings. The van der Waals surface area contributed by atoms with Crippen molar-refractivity contribution in [1.82, 2.24) is 24.8 Å². The number of benzene rings is 1. The number of aromatic amines is 1. The van der Waals surface area contributed by atoms with Crippen LogP contribution in [0.1, 0.15) is 15.5 Å². The maximum Gasteiger partial charge on any atom is 0.329 e. The number of H-pyrrole nitrogens is 1. The first-order valence-electron chi connectivity index (χ1n) is 7.75. The summed E-state index contributed by atoms with van der Waals surface area (Å²) in [6.45, 7) is 0.270. The van der Waals surface area contributed by atoms with Crippen LogP contribution in [0, 0.1) is 0 Å². The number of nitrogens with zero attached hydrogens (tertiary/aromatic N) is 3. The van der Waals surface area contributed by atoms with Gasteiger partial charge >= 0.3 is 5.69 Å². The highest BCUT2D eigenvalue weighted by Crippen LogP contribution is 2.21. The van der Waals surface area contributed by atoms with Crippen LogP contribution >= 0.6 is 11.3 Å². The van der Waals surface area contributed by atoms with Crippen molar-refractivity contribution in [3.8, 4) is 0 Å². The van der Waals surface area contributed by atoms with Crippen LogP contribution in [0.5, 0.6) is 0 Å². The van der Waals surface area contributed by atoms with Crippen molar-refractivity contribution in [3.63, 3.8) is 0 Å². The van der Waals surface area contributed by atoms with Gasteiger partial charge in [-0.05, 0) is 24.3 Å². The number of pyridine rings is 1. The second-order valence-corrected chi connectivity index (χ2v) is 6.76. The van der Waals surface area contributed by atoms with E-state index in [1.165, 1.54) is 35.1 Å². The minimum atomic E-state index is -0.581. The molecule has 0 aliphatic carbocycles. The van der Waals surface area contributed by atoms with Crippen molar-refractivity contribution >= 4 is 38.5 Å². The lowest BCUT2D eigenvalue weighted by atomic mass is 10.2. The van der Waals surface area contributed by atoms with Crippen molar-refractivity contribution in [2.45, 2.75) is 6.54 Å². The van der Waals surface area contributed by atoms with Gasteiger partial charge in [0.25, 0.3) is 11.5 Å². The van der Waals surface area contributed by atoms with E-state index in [0.29, 0.717) is 0 Å². The zero-order valence-corrected chi connectivity index (χ0v) is 14.5. The average molecular weight is 367 g/mol. The fraction of sp³-hybridized carbons (Fsp3) is 0.118. The van der Waals surface area contributed by atoms with E-state index in [2.05, 4.69) is 20.3 Å². The molecule has 0 radical (unpaired) electrons. The summed E-state index contributed by atoms with van der Waals surface area (Å²) in [5.41, 5.74) is 0.0597. The van der Waals surface area contributed by atoms with Gasteiger partial charge < -0.3 is 5.32 Å². The Balaban J connectivity index is 1.60. The van der Waals surface area contributed by atoms with Gasteiger partial charge in [-0.3, -0.25) is 19.1 Å². The number of aromatic nitrogens is 4. The molecule has 0 unspecified atom stereocenters. The number of fused-ring (bicyclic) bond motifs is 2. The van der Waals surface area contributed by atoms with Crippen LogP contribution in [0.15, 0.2) is 46.0 Å². The summed E-state index contributed by atoms with van der Waals surface area (Å²) in [6.07, 6.45) is 0. The topological polar surface area (TPSA) is 110 Å². The maximum atomic E-state index is 12.4. The highest BCUT2D eigenvalue weighted by atomic mass is 32.1. The van der Waals surface area contributed by atoms with Crippen molar-refractivity contribution in [2.75, 3.05) is 0 Å². The monoisotopic (exact) mass is 367 g/mol. The molecule has 130 valence electrons.